The number of unbranched alkanes of at least 4 members (excludes halogenated alkanes) is 1. The first-order valence-electron chi connectivity index (χ1n) is 9.57. The van der Waals surface area contributed by atoms with Gasteiger partial charge in [0.25, 0.3) is 0 Å². The van der Waals surface area contributed by atoms with Gasteiger partial charge in [0, 0.05) is 32.8 Å². The zero-order chi connectivity index (χ0) is 17.8. The Hall–Kier alpha value is -0.900. The largest absolute Gasteiger partial charge is 0.377 e. The van der Waals surface area contributed by atoms with E-state index in [0.717, 1.165) is 45.2 Å². The third kappa shape index (κ3) is 9.41. The van der Waals surface area contributed by atoms with Gasteiger partial charge < -0.3 is 14.5 Å². The normalized spacial score (nSPS) is 13.0. The van der Waals surface area contributed by atoms with Crippen molar-refractivity contribution in [3.05, 3.63) is 35.4 Å². The van der Waals surface area contributed by atoms with Crippen LogP contribution in [0, 0.1) is 5.92 Å². The molecule has 0 aliphatic heterocycles. The number of ether oxygens (including phenoxy) is 1. The molecule has 0 saturated heterocycles. The summed E-state index contributed by atoms with van der Waals surface area (Å²) in [5, 5.41) is 0. The molecule has 0 heterocycles. The molecule has 24 heavy (non-hydrogen) atoms. The summed E-state index contributed by atoms with van der Waals surface area (Å²) in [5.41, 5.74) is 2.64. The van der Waals surface area contributed by atoms with E-state index >= 15 is 0 Å². The Bertz CT molecular complexity index is 418. The Morgan fingerprint density at radius 1 is 0.958 bits per heavy atom. The second-order valence-corrected chi connectivity index (χ2v) is 7.24. The topological polar surface area (TPSA) is 15.7 Å². The Morgan fingerprint density at radius 3 is 2.21 bits per heavy atom. The maximum absolute atomic E-state index is 5.67. The lowest BCUT2D eigenvalue weighted by Crippen LogP contribution is -2.33. The fourth-order valence-electron chi connectivity index (χ4n) is 2.66. The van der Waals surface area contributed by atoms with Crippen LogP contribution < -0.4 is 0 Å². The van der Waals surface area contributed by atoms with Gasteiger partial charge in [0.15, 0.2) is 0 Å². The van der Waals surface area contributed by atoms with Gasteiger partial charge in [0.1, 0.15) is 0 Å². The molecule has 1 aromatic rings. The average molecular weight is 335 g/mol. The average Bonchev–Trinajstić information content (AvgIpc) is 2.58. The Kier molecular flexibility index (Phi) is 11.0. The minimum Gasteiger partial charge on any atom is -0.377 e. The van der Waals surface area contributed by atoms with Crippen LogP contribution in [0.4, 0.5) is 0 Å². The van der Waals surface area contributed by atoms with Gasteiger partial charge in [-0.25, -0.2) is 0 Å². The Balaban J connectivity index is 2.27. The minimum absolute atomic E-state index is 0.733. The molecule has 3 heteroatoms. The number of hydrogen-bond acceptors (Lipinski definition) is 3. The van der Waals surface area contributed by atoms with Crippen LogP contribution in [0.25, 0.3) is 0 Å². The second-order valence-electron chi connectivity index (χ2n) is 7.24. The summed E-state index contributed by atoms with van der Waals surface area (Å²) in [5.74, 6) is 0.785. The van der Waals surface area contributed by atoms with Gasteiger partial charge in [0.2, 0.25) is 0 Å². The van der Waals surface area contributed by atoms with Crippen LogP contribution in [0.3, 0.4) is 0 Å². The quantitative estimate of drug-likeness (QED) is 0.497. The summed E-state index contributed by atoms with van der Waals surface area (Å²) in [4.78, 5) is 4.85. The summed E-state index contributed by atoms with van der Waals surface area (Å²) < 4.78 is 5.67. The van der Waals surface area contributed by atoms with Gasteiger partial charge in [-0.2, -0.15) is 0 Å². The molecular weight excluding hydrogens is 296 g/mol. The van der Waals surface area contributed by atoms with Crippen LogP contribution in [0.5, 0.6) is 0 Å². The van der Waals surface area contributed by atoms with E-state index < -0.39 is 0 Å². The Labute approximate surface area is 150 Å². The molecule has 1 aromatic carbocycles. The number of nitrogens with zero attached hydrogens (tertiary/aromatic N) is 2. The van der Waals surface area contributed by atoms with Gasteiger partial charge in [-0.15, -0.1) is 0 Å². The summed E-state index contributed by atoms with van der Waals surface area (Å²) in [7, 11) is 4.44. The molecule has 1 unspecified atom stereocenters. The van der Waals surface area contributed by atoms with E-state index in [2.05, 4.69) is 68.9 Å². The summed E-state index contributed by atoms with van der Waals surface area (Å²) >= 11 is 0. The highest BCUT2D eigenvalue weighted by atomic mass is 16.5. The fraction of sp³-hybridized carbons (Fsp3) is 0.714. The lowest BCUT2D eigenvalue weighted by Gasteiger charge is -2.24. The maximum atomic E-state index is 5.67. The number of rotatable bonds is 13. The van der Waals surface area contributed by atoms with Gasteiger partial charge in [-0.1, -0.05) is 57.9 Å². The SMILES string of the molecule is CCCCOCc1ccc(CN(C)CCN(C)CC(C)CC)cc1. The van der Waals surface area contributed by atoms with Crippen molar-refractivity contribution in [3.63, 3.8) is 0 Å². The third-order valence-corrected chi connectivity index (χ3v) is 4.57. The molecule has 0 amide bonds. The smallest absolute Gasteiger partial charge is 0.0716 e. The molecule has 138 valence electrons. The van der Waals surface area contributed by atoms with E-state index in [-0.39, 0.29) is 0 Å². The van der Waals surface area contributed by atoms with Crippen molar-refractivity contribution in [1.29, 1.82) is 0 Å². The molecule has 0 radical (unpaired) electrons. The lowest BCUT2D eigenvalue weighted by atomic mass is 10.1. The summed E-state index contributed by atoms with van der Waals surface area (Å²) in [6.07, 6.45) is 3.60. The van der Waals surface area contributed by atoms with Crippen LogP contribution in [0.15, 0.2) is 24.3 Å². The highest BCUT2D eigenvalue weighted by Gasteiger charge is 2.06. The molecule has 0 aliphatic rings. The Morgan fingerprint density at radius 2 is 1.58 bits per heavy atom. The van der Waals surface area contributed by atoms with Crippen molar-refractivity contribution in [2.45, 2.75) is 53.2 Å². The summed E-state index contributed by atoms with van der Waals surface area (Å²) in [6, 6.07) is 8.87. The number of benzene rings is 1. The first-order valence-corrected chi connectivity index (χ1v) is 9.57. The minimum atomic E-state index is 0.733. The van der Waals surface area contributed by atoms with E-state index in [0.29, 0.717) is 0 Å². The van der Waals surface area contributed by atoms with Gasteiger partial charge in [-0.05, 0) is 37.6 Å². The summed E-state index contributed by atoms with van der Waals surface area (Å²) in [6.45, 7) is 12.8. The van der Waals surface area contributed by atoms with Crippen LogP contribution in [-0.4, -0.2) is 50.1 Å². The molecule has 1 atom stereocenters. The standard InChI is InChI=1S/C21H38N2O/c1-6-8-15-24-18-21-11-9-20(10-12-21)17-23(5)14-13-22(4)16-19(3)7-2/h9-12,19H,6-8,13-18H2,1-5H3. The molecule has 0 aromatic heterocycles. The molecule has 0 spiro atoms. The van der Waals surface area contributed by atoms with Gasteiger partial charge in [-0.3, -0.25) is 0 Å². The van der Waals surface area contributed by atoms with E-state index in [9.17, 15) is 0 Å². The number of hydrogen-bond donors (Lipinski definition) is 0. The molecule has 0 N–H and O–H groups in total. The molecule has 3 nitrogen and oxygen atoms in total. The van der Waals surface area contributed by atoms with Crippen molar-refractivity contribution >= 4 is 0 Å². The molecule has 0 bridgehead atoms. The zero-order valence-electron chi connectivity index (χ0n) is 16.6. The van der Waals surface area contributed by atoms with Crippen LogP contribution in [-0.2, 0) is 17.9 Å². The first-order chi connectivity index (χ1) is 11.5. The van der Waals surface area contributed by atoms with Crippen LogP contribution >= 0.6 is 0 Å². The highest BCUT2D eigenvalue weighted by Crippen LogP contribution is 2.09. The monoisotopic (exact) mass is 334 g/mol. The molecule has 0 fully saturated rings. The van der Waals surface area contributed by atoms with Crippen molar-refractivity contribution < 1.29 is 4.74 Å². The predicted molar refractivity (Wildman–Crippen MR) is 104 cm³/mol. The highest BCUT2D eigenvalue weighted by molar-refractivity contribution is 5.21. The van der Waals surface area contributed by atoms with Crippen LogP contribution in [0.1, 0.15) is 51.2 Å². The first kappa shape index (κ1) is 21.1. The van der Waals surface area contributed by atoms with E-state index in [1.54, 1.807) is 0 Å². The maximum Gasteiger partial charge on any atom is 0.0716 e. The van der Waals surface area contributed by atoms with Crippen molar-refractivity contribution in [2.75, 3.05) is 40.3 Å². The second kappa shape index (κ2) is 12.5. The lowest BCUT2D eigenvalue weighted by molar-refractivity contribution is 0.118. The molecule has 0 aliphatic carbocycles. The molecular formula is C21H38N2O. The van der Waals surface area contributed by atoms with E-state index in [1.807, 2.05) is 0 Å². The van der Waals surface area contributed by atoms with Gasteiger partial charge in [0.05, 0.1) is 6.61 Å². The number of likely N-dealkylation sites (N-methyl/N-ethyl adjacent to an activating group) is 2. The van der Waals surface area contributed by atoms with E-state index in [4.69, 9.17) is 4.74 Å². The zero-order valence-corrected chi connectivity index (χ0v) is 16.6. The van der Waals surface area contributed by atoms with Gasteiger partial charge >= 0.3 is 0 Å². The van der Waals surface area contributed by atoms with Crippen molar-refractivity contribution in [3.8, 4) is 0 Å². The predicted octanol–water partition coefficient (Wildman–Crippen LogP) is 4.41. The van der Waals surface area contributed by atoms with E-state index in [1.165, 1.54) is 30.5 Å². The van der Waals surface area contributed by atoms with Crippen molar-refractivity contribution in [2.24, 2.45) is 5.92 Å². The third-order valence-electron chi connectivity index (χ3n) is 4.57. The van der Waals surface area contributed by atoms with Crippen LogP contribution in [0.2, 0.25) is 0 Å². The molecule has 0 saturated carbocycles. The fourth-order valence-corrected chi connectivity index (χ4v) is 2.66. The van der Waals surface area contributed by atoms with Crippen molar-refractivity contribution in [1.82, 2.24) is 9.80 Å². The molecule has 1 rings (SSSR count).